The van der Waals surface area contributed by atoms with E-state index in [1.807, 2.05) is 12.5 Å². The summed E-state index contributed by atoms with van der Waals surface area (Å²) in [5, 5.41) is 7.64. The van der Waals surface area contributed by atoms with Crippen molar-refractivity contribution in [1.29, 1.82) is 0 Å². The van der Waals surface area contributed by atoms with Gasteiger partial charge in [-0.3, -0.25) is 0 Å². The van der Waals surface area contributed by atoms with Gasteiger partial charge in [0.25, 0.3) is 0 Å². The van der Waals surface area contributed by atoms with E-state index in [1.165, 1.54) is 11.3 Å². The maximum Gasteiger partial charge on any atom is 0.0954 e. The van der Waals surface area contributed by atoms with E-state index in [0.29, 0.717) is 6.04 Å². The molecule has 5 heteroatoms. The molecule has 1 atom stereocenters. The molecule has 0 radical (unpaired) electrons. The van der Waals surface area contributed by atoms with Crippen LogP contribution in [0.5, 0.6) is 0 Å². The first-order valence-electron chi connectivity index (χ1n) is 6.05. The van der Waals surface area contributed by atoms with E-state index in [4.69, 9.17) is 4.74 Å². The zero-order valence-electron chi connectivity index (χ0n) is 10.8. The van der Waals surface area contributed by atoms with Gasteiger partial charge in [0.05, 0.1) is 24.7 Å². The van der Waals surface area contributed by atoms with E-state index in [2.05, 4.69) is 38.6 Å². The van der Waals surface area contributed by atoms with Crippen LogP contribution in [0.2, 0.25) is 0 Å². The fourth-order valence-corrected chi connectivity index (χ4v) is 2.63. The van der Waals surface area contributed by atoms with Gasteiger partial charge in [-0.05, 0) is 29.3 Å². The largest absolute Gasteiger partial charge is 0.383 e. The Labute approximate surface area is 112 Å². The maximum atomic E-state index is 5.01. The summed E-state index contributed by atoms with van der Waals surface area (Å²) < 4.78 is 7.22. The van der Waals surface area contributed by atoms with Crippen molar-refractivity contribution in [2.75, 3.05) is 20.3 Å². The molecule has 0 spiro atoms. The number of hydrogen-bond acceptors (Lipinski definition) is 4. The van der Waals surface area contributed by atoms with E-state index in [0.717, 1.165) is 19.7 Å². The van der Waals surface area contributed by atoms with Crippen molar-refractivity contribution >= 4 is 11.3 Å². The molecule has 0 fully saturated rings. The van der Waals surface area contributed by atoms with Crippen molar-refractivity contribution in [3.63, 3.8) is 0 Å². The summed E-state index contributed by atoms with van der Waals surface area (Å²) in [4.78, 5) is 4.25. The Morgan fingerprint density at radius 2 is 2.44 bits per heavy atom. The Morgan fingerprint density at radius 1 is 1.56 bits per heavy atom. The van der Waals surface area contributed by atoms with Gasteiger partial charge in [-0.2, -0.15) is 11.3 Å². The number of methoxy groups -OCH3 is 1. The molecule has 2 aromatic rings. The highest BCUT2D eigenvalue weighted by atomic mass is 32.1. The van der Waals surface area contributed by atoms with Crippen LogP contribution in [0.3, 0.4) is 0 Å². The van der Waals surface area contributed by atoms with Crippen LogP contribution < -0.4 is 5.32 Å². The van der Waals surface area contributed by atoms with Crippen LogP contribution in [0.4, 0.5) is 0 Å². The first-order chi connectivity index (χ1) is 8.83. The second kappa shape index (κ2) is 6.68. The SMILES string of the molecule is COCCNCc1cncn1C(C)c1ccsc1. The van der Waals surface area contributed by atoms with Gasteiger partial charge >= 0.3 is 0 Å². The predicted octanol–water partition coefficient (Wildman–Crippen LogP) is 2.29. The zero-order valence-corrected chi connectivity index (χ0v) is 11.6. The Bertz CT molecular complexity index is 453. The number of hydrogen-bond donors (Lipinski definition) is 1. The van der Waals surface area contributed by atoms with Gasteiger partial charge in [-0.25, -0.2) is 4.98 Å². The Morgan fingerprint density at radius 3 is 3.17 bits per heavy atom. The lowest BCUT2D eigenvalue weighted by Gasteiger charge is -2.16. The summed E-state index contributed by atoms with van der Waals surface area (Å²) in [5.74, 6) is 0. The summed E-state index contributed by atoms with van der Waals surface area (Å²) in [7, 11) is 1.71. The van der Waals surface area contributed by atoms with Crippen molar-refractivity contribution in [3.05, 3.63) is 40.6 Å². The summed E-state index contributed by atoms with van der Waals surface area (Å²) >= 11 is 1.73. The van der Waals surface area contributed by atoms with Crippen molar-refractivity contribution in [3.8, 4) is 0 Å². The van der Waals surface area contributed by atoms with E-state index in [9.17, 15) is 0 Å². The Balaban J connectivity index is 1.99. The maximum absolute atomic E-state index is 5.01. The highest BCUT2D eigenvalue weighted by Crippen LogP contribution is 2.21. The topological polar surface area (TPSA) is 39.1 Å². The minimum atomic E-state index is 0.331. The second-order valence-electron chi connectivity index (χ2n) is 4.19. The molecule has 0 saturated carbocycles. The van der Waals surface area contributed by atoms with Crippen LogP contribution in [-0.4, -0.2) is 29.8 Å². The van der Waals surface area contributed by atoms with Crippen molar-refractivity contribution in [2.24, 2.45) is 0 Å². The quantitative estimate of drug-likeness (QED) is 0.781. The molecule has 1 N–H and O–H groups in total. The minimum Gasteiger partial charge on any atom is -0.383 e. The molecule has 0 saturated heterocycles. The molecule has 98 valence electrons. The number of aromatic nitrogens is 2. The van der Waals surface area contributed by atoms with Crippen molar-refractivity contribution in [1.82, 2.24) is 14.9 Å². The van der Waals surface area contributed by atoms with E-state index in [-0.39, 0.29) is 0 Å². The average molecular weight is 265 g/mol. The van der Waals surface area contributed by atoms with Crippen LogP contribution in [0.15, 0.2) is 29.4 Å². The average Bonchev–Trinajstić information content (AvgIpc) is 3.04. The standard InChI is InChI=1S/C13H19N3OS/c1-11(12-3-6-18-9-12)16-10-15-8-13(16)7-14-4-5-17-2/h3,6,8-11,14H,4-5,7H2,1-2H3. The van der Waals surface area contributed by atoms with Gasteiger partial charge < -0.3 is 14.6 Å². The number of thiophene rings is 1. The number of imidazole rings is 1. The van der Waals surface area contributed by atoms with Crippen molar-refractivity contribution < 1.29 is 4.74 Å². The fourth-order valence-electron chi connectivity index (χ4n) is 1.88. The Kier molecular flexibility index (Phi) is 4.92. The van der Waals surface area contributed by atoms with E-state index in [1.54, 1.807) is 18.4 Å². The first kappa shape index (κ1) is 13.3. The third-order valence-electron chi connectivity index (χ3n) is 2.98. The third-order valence-corrected chi connectivity index (χ3v) is 3.68. The molecule has 0 aliphatic rings. The molecule has 0 aliphatic heterocycles. The fraction of sp³-hybridized carbons (Fsp3) is 0.462. The second-order valence-corrected chi connectivity index (χ2v) is 4.97. The van der Waals surface area contributed by atoms with E-state index < -0.39 is 0 Å². The Hall–Kier alpha value is -1.17. The van der Waals surface area contributed by atoms with E-state index >= 15 is 0 Å². The van der Waals surface area contributed by atoms with Gasteiger partial charge in [0, 0.05) is 26.4 Å². The lowest BCUT2D eigenvalue weighted by Crippen LogP contribution is -2.21. The predicted molar refractivity (Wildman–Crippen MR) is 73.9 cm³/mol. The van der Waals surface area contributed by atoms with Crippen LogP contribution in [0, 0.1) is 0 Å². The molecule has 1 unspecified atom stereocenters. The third kappa shape index (κ3) is 3.19. The number of nitrogens with zero attached hydrogens (tertiary/aromatic N) is 2. The smallest absolute Gasteiger partial charge is 0.0954 e. The lowest BCUT2D eigenvalue weighted by molar-refractivity contribution is 0.199. The zero-order chi connectivity index (χ0) is 12.8. The number of nitrogens with one attached hydrogen (secondary N) is 1. The highest BCUT2D eigenvalue weighted by molar-refractivity contribution is 7.07. The molecule has 2 heterocycles. The van der Waals surface area contributed by atoms with Gasteiger partial charge in [0.2, 0.25) is 0 Å². The van der Waals surface area contributed by atoms with Gasteiger partial charge in [-0.1, -0.05) is 0 Å². The monoisotopic (exact) mass is 265 g/mol. The molecular formula is C13H19N3OS. The van der Waals surface area contributed by atoms with Gasteiger partial charge in [0.15, 0.2) is 0 Å². The molecular weight excluding hydrogens is 246 g/mol. The first-order valence-corrected chi connectivity index (χ1v) is 6.99. The number of ether oxygens (including phenoxy) is 1. The molecule has 2 aromatic heterocycles. The minimum absolute atomic E-state index is 0.331. The summed E-state index contributed by atoms with van der Waals surface area (Å²) in [6.45, 7) is 4.60. The normalized spacial score (nSPS) is 12.8. The molecule has 2 rings (SSSR count). The molecule has 0 aliphatic carbocycles. The molecule has 18 heavy (non-hydrogen) atoms. The van der Waals surface area contributed by atoms with Crippen LogP contribution in [0.25, 0.3) is 0 Å². The van der Waals surface area contributed by atoms with Crippen LogP contribution >= 0.6 is 11.3 Å². The summed E-state index contributed by atoms with van der Waals surface area (Å²) in [5.41, 5.74) is 2.53. The summed E-state index contributed by atoms with van der Waals surface area (Å²) in [6, 6.07) is 2.50. The van der Waals surface area contributed by atoms with Crippen LogP contribution in [0.1, 0.15) is 24.2 Å². The van der Waals surface area contributed by atoms with Crippen LogP contribution in [-0.2, 0) is 11.3 Å². The van der Waals surface area contributed by atoms with Gasteiger partial charge in [-0.15, -0.1) is 0 Å². The molecule has 0 amide bonds. The lowest BCUT2D eigenvalue weighted by atomic mass is 10.2. The number of rotatable bonds is 7. The molecule has 0 bridgehead atoms. The highest BCUT2D eigenvalue weighted by Gasteiger charge is 2.11. The molecule has 4 nitrogen and oxygen atoms in total. The van der Waals surface area contributed by atoms with Gasteiger partial charge in [0.1, 0.15) is 0 Å². The molecule has 0 aromatic carbocycles. The summed E-state index contributed by atoms with van der Waals surface area (Å²) in [6.07, 6.45) is 3.82. The van der Waals surface area contributed by atoms with Crippen molar-refractivity contribution in [2.45, 2.75) is 19.5 Å².